The number of carbonyl (C=O) groups excluding carboxylic acids is 1. The lowest BCUT2D eigenvalue weighted by atomic mass is 9.93. The van der Waals surface area contributed by atoms with Gasteiger partial charge in [0.25, 0.3) is 5.91 Å². The number of halogens is 1. The summed E-state index contributed by atoms with van der Waals surface area (Å²) in [7, 11) is 1.86. The number of rotatable bonds is 5. The van der Waals surface area contributed by atoms with Gasteiger partial charge < -0.3 is 9.47 Å². The Kier molecular flexibility index (Phi) is 5.70. The molecule has 3 aromatic rings. The van der Waals surface area contributed by atoms with Crippen LogP contribution in [0.25, 0.3) is 0 Å². The van der Waals surface area contributed by atoms with E-state index in [1.165, 1.54) is 12.1 Å². The summed E-state index contributed by atoms with van der Waals surface area (Å²) in [5, 5.41) is 4.32. The number of likely N-dealkylation sites (tertiary alicyclic amines) is 1. The molecule has 0 aliphatic carbocycles. The Balaban J connectivity index is 1.37. The SMILES string of the molecule is Cc1cc(C(=O)N2CCC(Cc3ncc(C)n3Cc3ccc(F)cc3)CC2)nn1C. The van der Waals surface area contributed by atoms with Gasteiger partial charge in [0.2, 0.25) is 0 Å². The van der Waals surface area contributed by atoms with Crippen molar-refractivity contribution in [3.63, 3.8) is 0 Å². The normalized spacial score (nSPS) is 15.0. The molecule has 30 heavy (non-hydrogen) atoms. The number of amides is 1. The fourth-order valence-electron chi connectivity index (χ4n) is 4.09. The van der Waals surface area contributed by atoms with Crippen molar-refractivity contribution in [1.82, 2.24) is 24.2 Å². The Morgan fingerprint density at radius 1 is 1.13 bits per heavy atom. The van der Waals surface area contributed by atoms with Gasteiger partial charge in [-0.3, -0.25) is 9.48 Å². The number of hydrogen-bond donors (Lipinski definition) is 0. The van der Waals surface area contributed by atoms with Crippen molar-refractivity contribution in [2.24, 2.45) is 13.0 Å². The topological polar surface area (TPSA) is 56.0 Å². The van der Waals surface area contributed by atoms with Crippen molar-refractivity contribution in [3.8, 4) is 0 Å². The second-order valence-electron chi connectivity index (χ2n) is 8.26. The molecular weight excluding hydrogens is 381 g/mol. The summed E-state index contributed by atoms with van der Waals surface area (Å²) in [6, 6.07) is 8.49. The highest BCUT2D eigenvalue weighted by Crippen LogP contribution is 2.23. The van der Waals surface area contributed by atoms with Gasteiger partial charge in [-0.15, -0.1) is 0 Å². The van der Waals surface area contributed by atoms with E-state index in [4.69, 9.17) is 0 Å². The van der Waals surface area contributed by atoms with Crippen LogP contribution in [0.3, 0.4) is 0 Å². The van der Waals surface area contributed by atoms with Crippen molar-refractivity contribution in [1.29, 1.82) is 0 Å². The molecule has 1 aliphatic rings. The largest absolute Gasteiger partial charge is 0.337 e. The maximum atomic E-state index is 13.2. The predicted molar refractivity (Wildman–Crippen MR) is 113 cm³/mol. The van der Waals surface area contributed by atoms with Gasteiger partial charge in [-0.2, -0.15) is 5.10 Å². The molecule has 0 atom stereocenters. The van der Waals surface area contributed by atoms with Gasteiger partial charge >= 0.3 is 0 Å². The monoisotopic (exact) mass is 409 g/mol. The Bertz CT molecular complexity index is 1010. The molecule has 0 spiro atoms. The number of imidazole rings is 1. The Hall–Kier alpha value is -2.96. The van der Waals surface area contributed by atoms with E-state index in [9.17, 15) is 9.18 Å². The molecule has 0 unspecified atom stereocenters. The highest BCUT2D eigenvalue weighted by atomic mass is 19.1. The van der Waals surface area contributed by atoms with E-state index < -0.39 is 0 Å². The van der Waals surface area contributed by atoms with Crippen LogP contribution >= 0.6 is 0 Å². The molecule has 1 amide bonds. The first-order chi connectivity index (χ1) is 14.4. The van der Waals surface area contributed by atoms with Crippen LogP contribution in [-0.4, -0.2) is 43.2 Å². The summed E-state index contributed by atoms with van der Waals surface area (Å²) in [6.07, 6.45) is 4.71. The van der Waals surface area contributed by atoms with Crippen LogP contribution in [0.15, 0.2) is 36.5 Å². The molecule has 1 aromatic carbocycles. The molecule has 4 rings (SSSR count). The third-order valence-electron chi connectivity index (χ3n) is 6.10. The fourth-order valence-corrected chi connectivity index (χ4v) is 4.09. The number of aryl methyl sites for hydroxylation is 3. The van der Waals surface area contributed by atoms with E-state index in [1.807, 2.05) is 43.3 Å². The smallest absolute Gasteiger partial charge is 0.274 e. The van der Waals surface area contributed by atoms with E-state index in [0.29, 0.717) is 18.2 Å². The zero-order valence-electron chi connectivity index (χ0n) is 17.8. The lowest BCUT2D eigenvalue weighted by Crippen LogP contribution is -2.39. The predicted octanol–water partition coefficient (Wildman–Crippen LogP) is 3.52. The molecule has 0 N–H and O–H groups in total. The van der Waals surface area contributed by atoms with Gasteiger partial charge in [-0.05, 0) is 56.4 Å². The first-order valence-electron chi connectivity index (χ1n) is 10.5. The van der Waals surface area contributed by atoms with Gasteiger partial charge in [0.15, 0.2) is 5.69 Å². The van der Waals surface area contributed by atoms with Crippen LogP contribution in [0.1, 0.15) is 46.1 Å². The molecule has 3 heterocycles. The number of piperidine rings is 1. The number of hydrogen-bond acceptors (Lipinski definition) is 3. The lowest BCUT2D eigenvalue weighted by molar-refractivity contribution is 0.0682. The molecule has 0 saturated carbocycles. The minimum absolute atomic E-state index is 0.0193. The van der Waals surface area contributed by atoms with E-state index >= 15 is 0 Å². The minimum Gasteiger partial charge on any atom is -0.337 e. The first-order valence-corrected chi connectivity index (χ1v) is 10.5. The molecule has 6 nitrogen and oxygen atoms in total. The van der Waals surface area contributed by atoms with Crippen LogP contribution in [0.5, 0.6) is 0 Å². The van der Waals surface area contributed by atoms with Crippen molar-refractivity contribution in [2.45, 2.75) is 39.7 Å². The molecule has 0 bridgehead atoms. The summed E-state index contributed by atoms with van der Waals surface area (Å²) in [5.41, 5.74) is 3.67. The standard InChI is InChI=1S/C23H28FN5O/c1-16-12-21(26-27(16)3)23(30)28-10-8-18(9-11-28)13-22-25-14-17(2)29(22)15-19-4-6-20(24)7-5-19/h4-7,12,14,18H,8-11,13,15H2,1-3H3. The second kappa shape index (κ2) is 8.42. The molecule has 0 radical (unpaired) electrons. The maximum absolute atomic E-state index is 13.2. The van der Waals surface area contributed by atoms with E-state index in [2.05, 4.69) is 21.6 Å². The lowest BCUT2D eigenvalue weighted by Gasteiger charge is -2.31. The molecule has 1 saturated heterocycles. The summed E-state index contributed by atoms with van der Waals surface area (Å²) in [4.78, 5) is 19.3. The summed E-state index contributed by atoms with van der Waals surface area (Å²) >= 11 is 0. The quantitative estimate of drug-likeness (QED) is 0.648. The Morgan fingerprint density at radius 2 is 1.83 bits per heavy atom. The van der Waals surface area contributed by atoms with Crippen LogP contribution in [0, 0.1) is 25.6 Å². The van der Waals surface area contributed by atoms with Gasteiger partial charge in [-0.1, -0.05) is 12.1 Å². The zero-order valence-corrected chi connectivity index (χ0v) is 17.8. The maximum Gasteiger partial charge on any atom is 0.274 e. The van der Waals surface area contributed by atoms with Crippen LogP contribution < -0.4 is 0 Å². The summed E-state index contributed by atoms with van der Waals surface area (Å²) in [6.45, 7) is 6.19. The molecule has 2 aromatic heterocycles. The molecule has 1 fully saturated rings. The zero-order chi connectivity index (χ0) is 21.3. The third-order valence-corrected chi connectivity index (χ3v) is 6.10. The molecule has 1 aliphatic heterocycles. The highest BCUT2D eigenvalue weighted by Gasteiger charge is 2.26. The van der Waals surface area contributed by atoms with Crippen LogP contribution in [0.4, 0.5) is 4.39 Å². The molecular formula is C23H28FN5O. The van der Waals surface area contributed by atoms with Crippen molar-refractivity contribution in [2.75, 3.05) is 13.1 Å². The molecule has 158 valence electrons. The minimum atomic E-state index is -0.219. The van der Waals surface area contributed by atoms with E-state index in [-0.39, 0.29) is 11.7 Å². The summed E-state index contributed by atoms with van der Waals surface area (Å²) in [5.74, 6) is 1.35. The van der Waals surface area contributed by atoms with Gasteiger partial charge in [0, 0.05) is 50.7 Å². The van der Waals surface area contributed by atoms with Crippen molar-refractivity contribution >= 4 is 5.91 Å². The summed E-state index contributed by atoms with van der Waals surface area (Å²) < 4.78 is 17.1. The van der Waals surface area contributed by atoms with Gasteiger partial charge in [0.05, 0.1) is 0 Å². The number of carbonyl (C=O) groups is 1. The number of benzene rings is 1. The average molecular weight is 410 g/mol. The van der Waals surface area contributed by atoms with E-state index in [0.717, 1.165) is 55.1 Å². The number of nitrogens with zero attached hydrogens (tertiary/aromatic N) is 5. The first kappa shape index (κ1) is 20.3. The van der Waals surface area contributed by atoms with Crippen molar-refractivity contribution in [3.05, 3.63) is 70.8 Å². The van der Waals surface area contributed by atoms with Gasteiger partial charge in [-0.25, -0.2) is 9.37 Å². The Morgan fingerprint density at radius 3 is 2.47 bits per heavy atom. The third kappa shape index (κ3) is 4.30. The highest BCUT2D eigenvalue weighted by molar-refractivity contribution is 5.92. The van der Waals surface area contributed by atoms with Gasteiger partial charge in [0.1, 0.15) is 11.6 Å². The fraction of sp³-hybridized carbons (Fsp3) is 0.435. The Labute approximate surface area is 176 Å². The van der Waals surface area contributed by atoms with E-state index in [1.54, 1.807) is 4.68 Å². The second-order valence-corrected chi connectivity index (χ2v) is 8.26. The van der Waals surface area contributed by atoms with Crippen LogP contribution in [0.2, 0.25) is 0 Å². The molecule has 7 heteroatoms. The van der Waals surface area contributed by atoms with Crippen molar-refractivity contribution < 1.29 is 9.18 Å². The van der Waals surface area contributed by atoms with Crippen LogP contribution in [-0.2, 0) is 20.0 Å². The average Bonchev–Trinajstić information content (AvgIpc) is 3.26. The number of aromatic nitrogens is 4.